The minimum absolute atomic E-state index is 0.0496. The first-order valence-electron chi connectivity index (χ1n) is 9.60. The van der Waals surface area contributed by atoms with Gasteiger partial charge >= 0.3 is 12.1 Å². The summed E-state index contributed by atoms with van der Waals surface area (Å²) >= 11 is 0. The van der Waals surface area contributed by atoms with Crippen molar-refractivity contribution < 1.29 is 35.9 Å². The molecule has 168 valence electrons. The minimum Gasteiger partial charge on any atom is -0.478 e. The summed E-state index contributed by atoms with van der Waals surface area (Å²) < 4.78 is 82.2. The lowest BCUT2D eigenvalue weighted by Crippen LogP contribution is -2.15. The molecule has 1 aromatic heterocycles. The number of alkyl halides is 3. The highest BCUT2D eigenvalue weighted by Gasteiger charge is 2.36. The molecule has 1 aliphatic carbocycles. The summed E-state index contributed by atoms with van der Waals surface area (Å²) in [7, 11) is -4.26. The topological polar surface area (TPSA) is 76.4 Å². The van der Waals surface area contributed by atoms with Crippen LogP contribution >= 0.6 is 0 Å². The Morgan fingerprint density at radius 1 is 1.09 bits per heavy atom. The van der Waals surface area contributed by atoms with Crippen LogP contribution in [0.4, 0.5) is 17.6 Å². The highest BCUT2D eigenvalue weighted by atomic mass is 32.2. The Bertz CT molecular complexity index is 1290. The van der Waals surface area contributed by atoms with Gasteiger partial charge in [-0.05, 0) is 66.3 Å². The van der Waals surface area contributed by atoms with Crippen LogP contribution in [0.2, 0.25) is 0 Å². The van der Waals surface area contributed by atoms with E-state index in [1.165, 1.54) is 29.1 Å². The summed E-state index contributed by atoms with van der Waals surface area (Å²) in [6.45, 7) is 0. The summed E-state index contributed by atoms with van der Waals surface area (Å²) in [5.41, 5.74) is -1.67. The van der Waals surface area contributed by atoms with Gasteiger partial charge in [0.15, 0.2) is 9.84 Å². The van der Waals surface area contributed by atoms with E-state index in [1.807, 2.05) is 0 Å². The standard InChI is InChI=1S/C22H17F4NO4S/c23-18-11-19(27-7-1-2-8-27)15(9-17(18)22(24,25)26)12-32(30,31)20-10-14(21(28)29)5-6-16(20)13-3-4-13/h1-2,5-11,13H,3-4,12H2,(H,28,29). The van der Waals surface area contributed by atoms with Gasteiger partial charge in [-0.15, -0.1) is 0 Å². The van der Waals surface area contributed by atoms with Gasteiger partial charge in [-0.3, -0.25) is 0 Å². The normalized spacial score (nSPS) is 14.5. The van der Waals surface area contributed by atoms with Gasteiger partial charge in [-0.1, -0.05) is 6.07 Å². The molecule has 32 heavy (non-hydrogen) atoms. The fourth-order valence-electron chi connectivity index (χ4n) is 3.63. The van der Waals surface area contributed by atoms with Crippen molar-refractivity contribution in [1.82, 2.24) is 4.57 Å². The maximum atomic E-state index is 14.2. The van der Waals surface area contributed by atoms with Gasteiger partial charge in [0.25, 0.3) is 0 Å². The number of nitrogens with zero attached hydrogens (tertiary/aromatic N) is 1. The number of carboxylic acid groups (broad SMARTS) is 1. The molecule has 3 aromatic rings. The Kier molecular flexibility index (Phi) is 5.36. The van der Waals surface area contributed by atoms with Crippen molar-refractivity contribution >= 4 is 15.8 Å². The monoisotopic (exact) mass is 467 g/mol. The number of carbonyl (C=O) groups is 1. The van der Waals surface area contributed by atoms with Crippen LogP contribution in [0.3, 0.4) is 0 Å². The van der Waals surface area contributed by atoms with Crippen LogP contribution in [-0.2, 0) is 21.8 Å². The molecule has 0 aliphatic heterocycles. The molecule has 10 heteroatoms. The fraction of sp³-hybridized carbons (Fsp3) is 0.227. The Balaban J connectivity index is 1.86. The number of hydrogen-bond acceptors (Lipinski definition) is 3. The summed E-state index contributed by atoms with van der Waals surface area (Å²) in [5, 5.41) is 9.27. The highest BCUT2D eigenvalue weighted by Crippen LogP contribution is 2.44. The van der Waals surface area contributed by atoms with E-state index in [0.717, 1.165) is 18.9 Å². The van der Waals surface area contributed by atoms with Crippen LogP contribution in [-0.4, -0.2) is 24.1 Å². The Morgan fingerprint density at radius 3 is 2.31 bits per heavy atom. The lowest BCUT2D eigenvalue weighted by atomic mass is 10.1. The number of halogens is 4. The zero-order valence-electron chi connectivity index (χ0n) is 16.4. The predicted octanol–water partition coefficient (Wildman–Crippen LogP) is 5.18. The fourth-order valence-corrected chi connectivity index (χ4v) is 5.32. The van der Waals surface area contributed by atoms with E-state index in [-0.39, 0.29) is 27.6 Å². The molecule has 1 fully saturated rings. The van der Waals surface area contributed by atoms with Gasteiger partial charge in [0.1, 0.15) is 5.82 Å². The lowest BCUT2D eigenvalue weighted by molar-refractivity contribution is -0.140. The molecule has 1 heterocycles. The van der Waals surface area contributed by atoms with E-state index in [4.69, 9.17) is 0 Å². The molecule has 0 radical (unpaired) electrons. The number of benzene rings is 2. The Hall–Kier alpha value is -3.14. The molecule has 4 rings (SSSR count). The molecule has 2 aromatic carbocycles. The van der Waals surface area contributed by atoms with Crippen LogP contribution in [0.5, 0.6) is 0 Å². The maximum Gasteiger partial charge on any atom is 0.419 e. The average molecular weight is 467 g/mol. The average Bonchev–Trinajstić information content (AvgIpc) is 3.41. The minimum atomic E-state index is -5.01. The highest BCUT2D eigenvalue weighted by molar-refractivity contribution is 7.90. The quantitative estimate of drug-likeness (QED) is 0.507. The molecular weight excluding hydrogens is 450 g/mol. The van der Waals surface area contributed by atoms with Crippen molar-refractivity contribution in [3.05, 3.63) is 82.9 Å². The van der Waals surface area contributed by atoms with Gasteiger partial charge in [-0.25, -0.2) is 17.6 Å². The van der Waals surface area contributed by atoms with E-state index in [9.17, 15) is 35.9 Å². The molecular formula is C22H17F4NO4S. The zero-order chi connectivity index (χ0) is 23.3. The second-order valence-electron chi connectivity index (χ2n) is 7.64. The molecule has 0 amide bonds. The second kappa shape index (κ2) is 7.77. The Morgan fingerprint density at radius 2 is 1.75 bits per heavy atom. The largest absolute Gasteiger partial charge is 0.478 e. The van der Waals surface area contributed by atoms with Crippen molar-refractivity contribution in [3.63, 3.8) is 0 Å². The number of hydrogen-bond donors (Lipinski definition) is 1. The van der Waals surface area contributed by atoms with Gasteiger partial charge < -0.3 is 9.67 Å². The van der Waals surface area contributed by atoms with Crippen molar-refractivity contribution in [3.8, 4) is 5.69 Å². The van der Waals surface area contributed by atoms with Crippen LogP contribution < -0.4 is 0 Å². The third-order valence-electron chi connectivity index (χ3n) is 5.31. The molecule has 0 bridgehead atoms. The Labute approximate surface area is 180 Å². The first-order valence-corrected chi connectivity index (χ1v) is 11.3. The molecule has 1 saturated carbocycles. The molecule has 1 aliphatic rings. The number of aromatic carboxylic acids is 1. The third-order valence-corrected chi connectivity index (χ3v) is 7.03. The van der Waals surface area contributed by atoms with Crippen molar-refractivity contribution in [2.45, 2.75) is 35.6 Å². The number of carboxylic acids is 1. The van der Waals surface area contributed by atoms with Crippen LogP contribution in [0.15, 0.2) is 59.8 Å². The van der Waals surface area contributed by atoms with Crippen molar-refractivity contribution in [2.24, 2.45) is 0 Å². The number of sulfone groups is 1. The first-order chi connectivity index (χ1) is 15.0. The smallest absolute Gasteiger partial charge is 0.419 e. The summed E-state index contributed by atoms with van der Waals surface area (Å²) in [5.74, 6) is -3.75. The lowest BCUT2D eigenvalue weighted by Gasteiger charge is -2.17. The zero-order valence-corrected chi connectivity index (χ0v) is 17.3. The summed E-state index contributed by atoms with van der Waals surface area (Å²) in [6, 6.07) is 8.06. The molecule has 0 atom stereocenters. The molecule has 0 unspecified atom stereocenters. The first kappa shape index (κ1) is 22.1. The van der Waals surface area contributed by atoms with Crippen LogP contribution in [0.1, 0.15) is 45.8 Å². The van der Waals surface area contributed by atoms with Crippen molar-refractivity contribution in [1.29, 1.82) is 0 Å². The van der Waals surface area contributed by atoms with E-state index in [1.54, 1.807) is 12.1 Å². The molecule has 0 saturated heterocycles. The summed E-state index contributed by atoms with van der Waals surface area (Å²) in [6.07, 6.45) is -0.630. The van der Waals surface area contributed by atoms with Crippen LogP contribution in [0, 0.1) is 5.82 Å². The second-order valence-corrected chi connectivity index (χ2v) is 9.60. The maximum absolute atomic E-state index is 14.2. The van der Waals surface area contributed by atoms with Gasteiger partial charge in [0, 0.05) is 12.4 Å². The van der Waals surface area contributed by atoms with E-state index >= 15 is 0 Å². The molecule has 0 spiro atoms. The number of aromatic nitrogens is 1. The van der Waals surface area contributed by atoms with Gasteiger partial charge in [0.05, 0.1) is 27.5 Å². The molecule has 1 N–H and O–H groups in total. The van der Waals surface area contributed by atoms with E-state index in [0.29, 0.717) is 17.7 Å². The third kappa shape index (κ3) is 4.27. The SMILES string of the molecule is O=C(O)c1ccc(C2CC2)c(S(=O)(=O)Cc2cc(C(F)(F)F)c(F)cc2-n2cccc2)c1. The van der Waals surface area contributed by atoms with E-state index < -0.39 is 39.1 Å². The predicted molar refractivity (Wildman–Crippen MR) is 107 cm³/mol. The number of rotatable bonds is 6. The van der Waals surface area contributed by atoms with Crippen LogP contribution in [0.25, 0.3) is 5.69 Å². The summed E-state index contributed by atoms with van der Waals surface area (Å²) in [4.78, 5) is 11.1. The van der Waals surface area contributed by atoms with E-state index in [2.05, 4.69) is 0 Å². The van der Waals surface area contributed by atoms with Crippen molar-refractivity contribution in [2.75, 3.05) is 0 Å². The van der Waals surface area contributed by atoms with Gasteiger partial charge in [-0.2, -0.15) is 13.2 Å². The van der Waals surface area contributed by atoms with Gasteiger partial charge in [0.2, 0.25) is 0 Å². The molecule has 5 nitrogen and oxygen atoms in total.